The Morgan fingerprint density at radius 1 is 0.200 bits per heavy atom. The van der Waals surface area contributed by atoms with Crippen LogP contribution >= 0.6 is 0 Å². The lowest BCUT2D eigenvalue weighted by molar-refractivity contribution is 1.07. The summed E-state index contributed by atoms with van der Waals surface area (Å²) in [6, 6.07) is 79.5. The maximum atomic E-state index is 5.31. The van der Waals surface area contributed by atoms with Crippen LogP contribution < -0.4 is 0 Å². The van der Waals surface area contributed by atoms with Gasteiger partial charge < -0.3 is 0 Å². The molecule has 0 spiro atoms. The van der Waals surface area contributed by atoms with Crippen LogP contribution in [0.3, 0.4) is 0 Å². The van der Waals surface area contributed by atoms with Crippen molar-refractivity contribution in [2.24, 2.45) is 0 Å². The topological polar surface area (TPSA) is 38.7 Å². The summed E-state index contributed by atoms with van der Waals surface area (Å²) in [4.78, 5) is 15.9. The predicted molar refractivity (Wildman–Crippen MR) is 250 cm³/mol. The van der Waals surface area contributed by atoms with Crippen LogP contribution in [0.4, 0.5) is 0 Å². The van der Waals surface area contributed by atoms with Gasteiger partial charge in [-0.3, -0.25) is 0 Å². The van der Waals surface area contributed by atoms with Gasteiger partial charge in [-0.1, -0.05) is 206 Å². The molecule has 10 aromatic carbocycles. The first-order chi connectivity index (χ1) is 29.7. The molecule has 3 nitrogen and oxygen atoms in total. The van der Waals surface area contributed by atoms with Gasteiger partial charge in [-0.2, -0.15) is 0 Å². The zero-order valence-electron chi connectivity index (χ0n) is 32.7. The number of fused-ring (bicyclic) bond motifs is 3. The van der Waals surface area contributed by atoms with E-state index in [9.17, 15) is 0 Å². The molecule has 0 aliphatic carbocycles. The van der Waals surface area contributed by atoms with Crippen LogP contribution in [0.1, 0.15) is 0 Å². The van der Waals surface area contributed by atoms with E-state index in [4.69, 9.17) is 15.0 Å². The molecule has 0 amide bonds. The maximum absolute atomic E-state index is 5.31. The summed E-state index contributed by atoms with van der Waals surface area (Å²) in [5.74, 6) is 1.87. The lowest BCUT2D eigenvalue weighted by atomic mass is 9.92. The Balaban J connectivity index is 1.09. The van der Waals surface area contributed by atoms with Crippen molar-refractivity contribution >= 4 is 32.3 Å². The first-order valence-electron chi connectivity index (χ1n) is 20.3. The van der Waals surface area contributed by atoms with Crippen LogP contribution in [0.25, 0.3) is 111 Å². The number of aromatic nitrogens is 3. The van der Waals surface area contributed by atoms with Crippen molar-refractivity contribution in [1.29, 1.82) is 0 Å². The van der Waals surface area contributed by atoms with Crippen molar-refractivity contribution in [1.82, 2.24) is 15.0 Å². The van der Waals surface area contributed by atoms with Gasteiger partial charge in [0.25, 0.3) is 0 Å². The van der Waals surface area contributed by atoms with Crippen molar-refractivity contribution in [2.45, 2.75) is 0 Å². The zero-order chi connectivity index (χ0) is 39.8. The maximum Gasteiger partial charge on any atom is 0.164 e. The van der Waals surface area contributed by atoms with Gasteiger partial charge in [-0.25, -0.2) is 15.0 Å². The van der Waals surface area contributed by atoms with Gasteiger partial charge in [0.05, 0.1) is 0 Å². The summed E-state index contributed by atoms with van der Waals surface area (Å²) in [5.41, 5.74) is 12.0. The standard InChI is InChI=1S/C57H37N3/c1-3-15-38(16-4-1)42-33-31-39-32-34-45(37-46(39)35-42)56-58-55(59-57(60-56)54-25-10-9-24-53(54)51-28-12-20-41-19-7-8-23-47(41)51)44-22-11-21-43(36-44)49-27-14-29-50-48(26-13-30-52(49)50)40-17-5-2-6-18-40/h1-37H. The van der Waals surface area contributed by atoms with E-state index in [1.165, 1.54) is 43.8 Å². The molecule has 1 aromatic heterocycles. The smallest absolute Gasteiger partial charge is 0.164 e. The average Bonchev–Trinajstić information content (AvgIpc) is 3.33. The second kappa shape index (κ2) is 15.1. The van der Waals surface area contributed by atoms with E-state index in [-0.39, 0.29) is 0 Å². The minimum Gasteiger partial charge on any atom is -0.208 e. The quantitative estimate of drug-likeness (QED) is 0.162. The highest BCUT2D eigenvalue weighted by Gasteiger charge is 2.18. The molecule has 1 heterocycles. The normalized spacial score (nSPS) is 11.3. The monoisotopic (exact) mass is 763 g/mol. The number of hydrogen-bond acceptors (Lipinski definition) is 3. The van der Waals surface area contributed by atoms with E-state index in [1.54, 1.807) is 0 Å². The zero-order valence-corrected chi connectivity index (χ0v) is 32.7. The first-order valence-corrected chi connectivity index (χ1v) is 20.3. The third-order valence-corrected chi connectivity index (χ3v) is 11.5. The molecule has 3 heteroatoms. The minimum absolute atomic E-state index is 0.618. The van der Waals surface area contributed by atoms with Gasteiger partial charge in [-0.05, 0) is 95.0 Å². The molecule has 0 aliphatic rings. The number of hydrogen-bond donors (Lipinski definition) is 0. The van der Waals surface area contributed by atoms with E-state index in [1.807, 2.05) is 0 Å². The summed E-state index contributed by atoms with van der Waals surface area (Å²) >= 11 is 0. The molecule has 280 valence electrons. The summed E-state index contributed by atoms with van der Waals surface area (Å²) in [6.45, 7) is 0. The molecule has 0 saturated carbocycles. The molecule has 11 rings (SSSR count). The molecule has 0 atom stereocenters. The van der Waals surface area contributed by atoms with Gasteiger partial charge in [0.15, 0.2) is 17.5 Å². The van der Waals surface area contributed by atoms with Crippen LogP contribution in [-0.2, 0) is 0 Å². The molecule has 60 heavy (non-hydrogen) atoms. The highest BCUT2D eigenvalue weighted by atomic mass is 15.0. The molecule has 11 aromatic rings. The largest absolute Gasteiger partial charge is 0.208 e. The lowest BCUT2D eigenvalue weighted by Gasteiger charge is -2.14. The Morgan fingerprint density at radius 3 is 1.43 bits per heavy atom. The van der Waals surface area contributed by atoms with Crippen molar-refractivity contribution < 1.29 is 0 Å². The number of nitrogens with zero attached hydrogens (tertiary/aromatic N) is 3. The third-order valence-electron chi connectivity index (χ3n) is 11.5. The van der Waals surface area contributed by atoms with Crippen LogP contribution in [-0.4, -0.2) is 15.0 Å². The summed E-state index contributed by atoms with van der Waals surface area (Å²) in [7, 11) is 0. The van der Waals surface area contributed by atoms with E-state index in [0.717, 1.165) is 49.7 Å². The molecule has 0 saturated heterocycles. The number of benzene rings is 10. The van der Waals surface area contributed by atoms with Crippen LogP contribution in [0.5, 0.6) is 0 Å². The van der Waals surface area contributed by atoms with Crippen LogP contribution in [0.2, 0.25) is 0 Å². The molecule has 0 unspecified atom stereocenters. The molecule has 0 aliphatic heterocycles. The van der Waals surface area contributed by atoms with Gasteiger partial charge in [0, 0.05) is 16.7 Å². The Hall–Kier alpha value is -8.01. The summed E-state index contributed by atoms with van der Waals surface area (Å²) in [6.07, 6.45) is 0. The third kappa shape index (κ3) is 6.49. The molecule has 0 N–H and O–H groups in total. The van der Waals surface area contributed by atoms with Crippen molar-refractivity contribution in [2.75, 3.05) is 0 Å². The van der Waals surface area contributed by atoms with Crippen molar-refractivity contribution in [3.63, 3.8) is 0 Å². The predicted octanol–water partition coefficient (Wildman–Crippen LogP) is 15.0. The van der Waals surface area contributed by atoms with Crippen molar-refractivity contribution in [3.8, 4) is 78.7 Å². The fraction of sp³-hybridized carbons (Fsp3) is 0. The molecule has 0 radical (unpaired) electrons. The Morgan fingerprint density at radius 2 is 0.667 bits per heavy atom. The lowest BCUT2D eigenvalue weighted by Crippen LogP contribution is -2.01. The number of rotatable bonds is 7. The van der Waals surface area contributed by atoms with Gasteiger partial charge >= 0.3 is 0 Å². The second-order valence-corrected chi connectivity index (χ2v) is 15.2. The summed E-state index contributed by atoms with van der Waals surface area (Å²) < 4.78 is 0. The fourth-order valence-corrected chi connectivity index (χ4v) is 8.58. The van der Waals surface area contributed by atoms with Gasteiger partial charge in [0.1, 0.15) is 0 Å². The van der Waals surface area contributed by atoms with Crippen molar-refractivity contribution in [3.05, 3.63) is 224 Å². The minimum atomic E-state index is 0.618. The highest BCUT2D eigenvalue weighted by molar-refractivity contribution is 6.05. The van der Waals surface area contributed by atoms with Gasteiger partial charge in [-0.15, -0.1) is 0 Å². The van der Waals surface area contributed by atoms with E-state index < -0.39 is 0 Å². The van der Waals surface area contributed by atoms with Gasteiger partial charge in [0.2, 0.25) is 0 Å². The fourth-order valence-electron chi connectivity index (χ4n) is 8.58. The SMILES string of the molecule is c1ccc(-c2ccc3ccc(-c4nc(-c5cccc(-c6cccc7c(-c8ccccc8)cccc67)c5)nc(-c5ccccc5-c5cccc6ccccc56)n4)cc3c2)cc1. The van der Waals surface area contributed by atoms with Crippen LogP contribution in [0.15, 0.2) is 224 Å². The molecular formula is C57H37N3. The first kappa shape index (κ1) is 35.2. The van der Waals surface area contributed by atoms with Crippen LogP contribution in [0, 0.1) is 0 Å². The average molecular weight is 764 g/mol. The Bertz CT molecular complexity index is 3370. The molecule has 0 fully saturated rings. The summed E-state index contributed by atoms with van der Waals surface area (Å²) in [5, 5.41) is 7.07. The Kier molecular flexibility index (Phi) is 8.83. The van der Waals surface area contributed by atoms with E-state index in [0.29, 0.717) is 17.5 Å². The molecule has 0 bridgehead atoms. The van der Waals surface area contributed by atoms with E-state index >= 15 is 0 Å². The molecular weight excluding hydrogens is 727 g/mol. The highest BCUT2D eigenvalue weighted by Crippen LogP contribution is 2.39. The Labute approximate surface area is 349 Å². The van der Waals surface area contributed by atoms with E-state index in [2.05, 4.69) is 224 Å². The second-order valence-electron chi connectivity index (χ2n) is 15.2.